The molecule has 252 valence electrons. The third-order valence-corrected chi connectivity index (χ3v) is 9.07. The Bertz CT molecular complexity index is 3040. The number of aromatic carboxylic acids is 2. The molecule has 2 aliphatic rings. The maximum atomic E-state index is 11.8. The fourth-order valence-electron chi connectivity index (χ4n) is 6.63. The van der Waals surface area contributed by atoms with Crippen molar-refractivity contribution in [1.82, 2.24) is 40.1 Å². The summed E-state index contributed by atoms with van der Waals surface area (Å²) < 4.78 is 6.06. The predicted molar refractivity (Wildman–Crippen MR) is 193 cm³/mol. The lowest BCUT2D eigenvalue weighted by atomic mass is 10.1. The van der Waals surface area contributed by atoms with Crippen LogP contribution in [0.1, 0.15) is 20.7 Å². The van der Waals surface area contributed by atoms with Crippen LogP contribution in [0.3, 0.4) is 0 Å². The standard InChI is InChI=1S/C39H21N9O5/c49-38(50)19-15-20(39(51)52)17-22(16-19)53-21-13-14-27-29(18-21)37-45-35(27)43-33-24-8-2-1-7-23(24)31(41-33)40-32-25-9-3-4-10-26(25)34(42-32)44-36-28-11-5-6-12-30(28)48(46-36)47-37/h1-18H,(H3,40,41,42,43,44,45,46,47,49,50,51,52)/p+1. The minimum atomic E-state index is -1.28. The number of ether oxygens (including phenoxy) is 1. The van der Waals surface area contributed by atoms with E-state index in [0.29, 0.717) is 62.3 Å². The summed E-state index contributed by atoms with van der Waals surface area (Å²) in [4.78, 5) is 51.7. The summed E-state index contributed by atoms with van der Waals surface area (Å²) in [5.41, 5.74) is 4.65. The average Bonchev–Trinajstić information content (AvgIpc) is 3.90. The molecule has 14 nitrogen and oxygen atoms in total. The fraction of sp³-hybridized carbons (Fsp3) is 0. The molecular formula is C39H22N9O5+. The number of aromatic nitrogens is 9. The Morgan fingerprint density at radius 3 is 1.70 bits per heavy atom. The Morgan fingerprint density at radius 2 is 1.06 bits per heavy atom. The number of nitrogens with one attached hydrogen (secondary N) is 2. The maximum absolute atomic E-state index is 11.8. The smallest absolute Gasteiger partial charge is 0.335 e. The number of carbonyl (C=O) groups is 2. The second-order valence-electron chi connectivity index (χ2n) is 12.3. The van der Waals surface area contributed by atoms with Gasteiger partial charge in [0.1, 0.15) is 34.0 Å². The Kier molecular flexibility index (Phi) is 6.41. The number of carboxylic acids is 2. The first-order chi connectivity index (χ1) is 25.9. The molecule has 0 unspecified atom stereocenters. The number of fused-ring (bicyclic) bond motifs is 20. The third kappa shape index (κ3) is 4.92. The van der Waals surface area contributed by atoms with Crippen LogP contribution in [0, 0.1) is 0 Å². The molecule has 14 heteroatoms. The SMILES string of the molecule is O=C(O)c1cc(Oc2ccc3c4nc5nc(nc6[nH]c(nc7n[n+](nc([nH]4)c3c2)-c2ccccc2-7)c2ccccc62)-c2ccccc2-5)cc(C(=O)O)c1. The Balaban J connectivity index is 1.28. The molecule has 3 aromatic heterocycles. The van der Waals surface area contributed by atoms with E-state index in [4.69, 9.17) is 34.9 Å². The van der Waals surface area contributed by atoms with Crippen molar-refractivity contribution in [3.63, 3.8) is 0 Å². The van der Waals surface area contributed by atoms with Crippen molar-refractivity contribution >= 4 is 56.1 Å². The first-order valence-corrected chi connectivity index (χ1v) is 16.3. The van der Waals surface area contributed by atoms with Crippen LogP contribution in [-0.2, 0) is 0 Å². The maximum Gasteiger partial charge on any atom is 0.335 e. The molecule has 8 bridgehead atoms. The molecule has 5 aromatic carbocycles. The van der Waals surface area contributed by atoms with Gasteiger partial charge in [-0.2, -0.15) is 0 Å². The lowest BCUT2D eigenvalue weighted by Crippen LogP contribution is -2.35. The molecule has 2 aliphatic heterocycles. The van der Waals surface area contributed by atoms with Gasteiger partial charge in [0.05, 0.1) is 26.1 Å². The quantitative estimate of drug-likeness (QED) is 0.143. The van der Waals surface area contributed by atoms with Crippen molar-refractivity contribution in [2.75, 3.05) is 0 Å². The molecule has 0 saturated carbocycles. The fourth-order valence-corrected chi connectivity index (χ4v) is 6.63. The number of nitrogens with zero attached hydrogens (tertiary/aromatic N) is 7. The van der Waals surface area contributed by atoms with E-state index in [1.807, 2.05) is 72.8 Å². The number of hydrogen-bond donors (Lipinski definition) is 4. The number of carboxylic acid groups (broad SMARTS) is 2. The summed E-state index contributed by atoms with van der Waals surface area (Å²) in [7, 11) is 0. The largest absolute Gasteiger partial charge is 0.478 e. The first-order valence-electron chi connectivity index (χ1n) is 16.3. The van der Waals surface area contributed by atoms with E-state index in [1.54, 1.807) is 18.2 Å². The van der Waals surface area contributed by atoms with Gasteiger partial charge in [0.15, 0.2) is 11.6 Å². The molecule has 53 heavy (non-hydrogen) atoms. The van der Waals surface area contributed by atoms with Crippen LogP contribution in [0.5, 0.6) is 11.5 Å². The number of hydrogen-bond acceptors (Lipinski definition) is 9. The normalized spacial score (nSPS) is 11.7. The molecule has 0 atom stereocenters. The van der Waals surface area contributed by atoms with Crippen LogP contribution in [0.15, 0.2) is 109 Å². The van der Waals surface area contributed by atoms with Crippen molar-refractivity contribution in [2.24, 2.45) is 0 Å². The van der Waals surface area contributed by atoms with E-state index >= 15 is 0 Å². The van der Waals surface area contributed by atoms with Crippen molar-refractivity contribution in [2.45, 2.75) is 0 Å². The monoisotopic (exact) mass is 696 g/mol. The zero-order valence-electron chi connectivity index (χ0n) is 27.1. The minimum Gasteiger partial charge on any atom is -0.478 e. The summed E-state index contributed by atoms with van der Waals surface area (Å²) in [6.45, 7) is 0. The lowest BCUT2D eigenvalue weighted by Gasteiger charge is -2.08. The van der Waals surface area contributed by atoms with Gasteiger partial charge in [0.2, 0.25) is 11.5 Å². The summed E-state index contributed by atoms with van der Waals surface area (Å²) in [5.74, 6) is -0.855. The predicted octanol–water partition coefficient (Wildman–Crippen LogP) is 6.67. The lowest BCUT2D eigenvalue weighted by molar-refractivity contribution is -0.711. The van der Waals surface area contributed by atoms with Gasteiger partial charge in [-0.05, 0) is 42.5 Å². The van der Waals surface area contributed by atoms with Crippen molar-refractivity contribution in [3.8, 4) is 51.3 Å². The zero-order chi connectivity index (χ0) is 35.8. The molecule has 0 amide bonds. The third-order valence-electron chi connectivity index (χ3n) is 9.07. The molecule has 0 aliphatic carbocycles. The van der Waals surface area contributed by atoms with Gasteiger partial charge in [-0.1, -0.05) is 60.7 Å². The highest BCUT2D eigenvalue weighted by molar-refractivity contribution is 6.06. The van der Waals surface area contributed by atoms with E-state index < -0.39 is 11.9 Å². The zero-order valence-corrected chi connectivity index (χ0v) is 27.1. The molecule has 8 aromatic rings. The topological polar surface area (TPSA) is 197 Å². The van der Waals surface area contributed by atoms with Crippen LogP contribution >= 0.6 is 0 Å². The minimum absolute atomic E-state index is 0.0408. The van der Waals surface area contributed by atoms with Crippen LogP contribution in [0.25, 0.3) is 84.0 Å². The van der Waals surface area contributed by atoms with E-state index in [-0.39, 0.29) is 16.9 Å². The Morgan fingerprint density at radius 1 is 0.509 bits per heavy atom. The highest BCUT2D eigenvalue weighted by atomic mass is 16.5. The van der Waals surface area contributed by atoms with E-state index in [0.717, 1.165) is 33.5 Å². The van der Waals surface area contributed by atoms with Gasteiger partial charge in [-0.25, -0.2) is 29.5 Å². The Labute approximate surface area is 296 Å². The highest BCUT2D eigenvalue weighted by Gasteiger charge is 2.28. The molecule has 0 saturated heterocycles. The second kappa shape index (κ2) is 11.3. The molecule has 0 fully saturated rings. The van der Waals surface area contributed by atoms with Gasteiger partial charge >= 0.3 is 11.9 Å². The van der Waals surface area contributed by atoms with Crippen LogP contribution in [0.4, 0.5) is 0 Å². The summed E-state index contributed by atoms with van der Waals surface area (Å²) in [6, 6.07) is 32.0. The number of para-hydroxylation sites is 1. The van der Waals surface area contributed by atoms with Gasteiger partial charge in [0.25, 0.3) is 5.69 Å². The van der Waals surface area contributed by atoms with Gasteiger partial charge in [0, 0.05) is 38.7 Å². The molecule has 5 heterocycles. The second-order valence-corrected chi connectivity index (χ2v) is 12.3. The van der Waals surface area contributed by atoms with Gasteiger partial charge < -0.3 is 24.9 Å². The van der Waals surface area contributed by atoms with E-state index in [9.17, 15) is 19.8 Å². The molecule has 10 rings (SSSR count). The van der Waals surface area contributed by atoms with Crippen molar-refractivity contribution in [1.29, 1.82) is 0 Å². The van der Waals surface area contributed by atoms with E-state index in [1.165, 1.54) is 16.9 Å². The number of rotatable bonds is 4. The number of benzene rings is 5. The van der Waals surface area contributed by atoms with Crippen LogP contribution < -0.4 is 9.53 Å². The van der Waals surface area contributed by atoms with Crippen molar-refractivity contribution < 1.29 is 29.3 Å². The number of H-pyrrole nitrogens is 2. The molecule has 0 radical (unpaired) electrons. The summed E-state index contributed by atoms with van der Waals surface area (Å²) in [5, 5.41) is 32.0. The number of aromatic amines is 2. The van der Waals surface area contributed by atoms with E-state index in [2.05, 4.69) is 9.97 Å². The van der Waals surface area contributed by atoms with Gasteiger partial charge in [-0.3, -0.25) is 0 Å². The molecular weight excluding hydrogens is 674 g/mol. The first kappa shape index (κ1) is 30.0. The van der Waals surface area contributed by atoms with Crippen LogP contribution in [-0.4, -0.2) is 62.3 Å². The summed E-state index contributed by atoms with van der Waals surface area (Å²) in [6.07, 6.45) is 0. The summed E-state index contributed by atoms with van der Waals surface area (Å²) >= 11 is 0. The molecule has 0 spiro atoms. The van der Waals surface area contributed by atoms with Crippen LogP contribution in [0.2, 0.25) is 0 Å². The Hall–Kier alpha value is -7.87. The van der Waals surface area contributed by atoms with Gasteiger partial charge in [-0.15, -0.1) is 0 Å². The highest BCUT2D eigenvalue weighted by Crippen LogP contribution is 2.36. The molecule has 4 N–H and O–H groups in total. The average molecular weight is 697 g/mol. The van der Waals surface area contributed by atoms with Crippen molar-refractivity contribution in [3.05, 3.63) is 120 Å².